The zero-order valence-corrected chi connectivity index (χ0v) is 13.3. The van der Waals surface area contributed by atoms with Gasteiger partial charge in [0.1, 0.15) is 9.88 Å². The molecule has 1 aliphatic rings. The minimum atomic E-state index is -0.430. The summed E-state index contributed by atoms with van der Waals surface area (Å²) in [4.78, 5) is 15.3. The number of nitrogens with two attached hydrogens (primary N) is 2. The van der Waals surface area contributed by atoms with Gasteiger partial charge < -0.3 is 16.4 Å². The van der Waals surface area contributed by atoms with Crippen molar-refractivity contribution in [1.82, 2.24) is 0 Å². The molecule has 1 amide bonds. The van der Waals surface area contributed by atoms with Crippen molar-refractivity contribution in [2.24, 2.45) is 11.1 Å². The van der Waals surface area contributed by atoms with Crippen molar-refractivity contribution in [3.8, 4) is 0 Å². The van der Waals surface area contributed by atoms with Crippen molar-refractivity contribution in [2.75, 3.05) is 30.0 Å². The van der Waals surface area contributed by atoms with Crippen molar-refractivity contribution in [2.45, 2.75) is 31.6 Å². The standard InChI is InChI=1S/C13H21N3OS2/c1-13(2)5-4-6-16(7-13)12-10(18-3)8(14)9(19-12)11(15)17/h4-7,14H2,1-3H3,(H2,15,17). The molecular weight excluding hydrogens is 278 g/mol. The molecule has 4 N–H and O–H groups in total. The second-order valence-corrected chi connectivity index (χ2v) is 7.55. The molecule has 0 aliphatic carbocycles. The maximum atomic E-state index is 11.4. The average molecular weight is 299 g/mol. The van der Waals surface area contributed by atoms with E-state index in [0.717, 1.165) is 23.0 Å². The first kappa shape index (κ1) is 14.5. The highest BCUT2D eigenvalue weighted by molar-refractivity contribution is 7.99. The van der Waals surface area contributed by atoms with Gasteiger partial charge in [-0.3, -0.25) is 4.79 Å². The zero-order valence-electron chi connectivity index (χ0n) is 11.7. The number of carbonyl (C=O) groups is 1. The van der Waals surface area contributed by atoms with Crippen molar-refractivity contribution >= 4 is 39.7 Å². The molecule has 106 valence electrons. The van der Waals surface area contributed by atoms with Crippen molar-refractivity contribution in [1.29, 1.82) is 0 Å². The maximum Gasteiger partial charge on any atom is 0.261 e. The number of hydrogen-bond acceptors (Lipinski definition) is 5. The van der Waals surface area contributed by atoms with Crippen LogP contribution in [-0.4, -0.2) is 25.3 Å². The number of thiophene rings is 1. The Bertz CT molecular complexity index is 496. The minimum Gasteiger partial charge on any atom is -0.396 e. The summed E-state index contributed by atoms with van der Waals surface area (Å²) >= 11 is 3.02. The van der Waals surface area contributed by atoms with Crippen LogP contribution in [0.3, 0.4) is 0 Å². The molecule has 2 rings (SSSR count). The van der Waals surface area contributed by atoms with Crippen LogP contribution >= 0.6 is 23.1 Å². The van der Waals surface area contributed by atoms with E-state index in [1.54, 1.807) is 11.8 Å². The molecule has 0 atom stereocenters. The number of anilines is 2. The van der Waals surface area contributed by atoms with E-state index in [2.05, 4.69) is 18.7 Å². The Morgan fingerprint density at radius 1 is 1.47 bits per heavy atom. The predicted octanol–water partition coefficient (Wildman–Crippen LogP) is 2.78. The molecule has 6 heteroatoms. The van der Waals surface area contributed by atoms with Gasteiger partial charge in [-0.25, -0.2) is 0 Å². The monoisotopic (exact) mass is 299 g/mol. The van der Waals surface area contributed by atoms with Gasteiger partial charge in [-0.05, 0) is 24.5 Å². The van der Waals surface area contributed by atoms with Gasteiger partial charge in [0.25, 0.3) is 5.91 Å². The van der Waals surface area contributed by atoms with E-state index in [1.807, 2.05) is 6.26 Å². The highest BCUT2D eigenvalue weighted by atomic mass is 32.2. The minimum absolute atomic E-state index is 0.305. The number of nitrogen functional groups attached to an aromatic ring is 1. The predicted molar refractivity (Wildman–Crippen MR) is 84.3 cm³/mol. The van der Waals surface area contributed by atoms with Crippen molar-refractivity contribution in [3.05, 3.63) is 4.88 Å². The summed E-state index contributed by atoms with van der Waals surface area (Å²) in [5.41, 5.74) is 12.3. The molecule has 1 saturated heterocycles. The summed E-state index contributed by atoms with van der Waals surface area (Å²) in [6.07, 6.45) is 4.40. The molecule has 1 aromatic heterocycles. The van der Waals surface area contributed by atoms with Gasteiger partial charge in [-0.1, -0.05) is 13.8 Å². The van der Waals surface area contributed by atoms with E-state index in [-0.39, 0.29) is 0 Å². The first-order valence-corrected chi connectivity index (χ1v) is 8.41. The molecule has 1 aliphatic heterocycles. The zero-order chi connectivity index (χ0) is 14.2. The van der Waals surface area contributed by atoms with Crippen LogP contribution in [0.4, 0.5) is 10.7 Å². The lowest BCUT2D eigenvalue weighted by Crippen LogP contribution is -2.39. The number of thioether (sulfide) groups is 1. The fraction of sp³-hybridized carbons (Fsp3) is 0.615. The summed E-state index contributed by atoms with van der Waals surface area (Å²) in [6, 6.07) is 0. The van der Waals surface area contributed by atoms with Crippen LogP contribution in [0.5, 0.6) is 0 Å². The molecule has 1 fully saturated rings. The number of hydrogen-bond donors (Lipinski definition) is 2. The number of amides is 1. The van der Waals surface area contributed by atoms with Crippen molar-refractivity contribution in [3.63, 3.8) is 0 Å². The fourth-order valence-corrected chi connectivity index (χ4v) is 4.66. The summed E-state index contributed by atoms with van der Waals surface area (Å²) < 4.78 is 0. The molecule has 0 bridgehead atoms. The van der Waals surface area contributed by atoms with Crippen LogP contribution in [0.1, 0.15) is 36.4 Å². The molecule has 0 spiro atoms. The largest absolute Gasteiger partial charge is 0.396 e. The van der Waals surface area contributed by atoms with Crippen LogP contribution in [0.15, 0.2) is 4.90 Å². The van der Waals surface area contributed by atoms with Gasteiger partial charge in [0.15, 0.2) is 0 Å². The second kappa shape index (κ2) is 5.25. The van der Waals surface area contributed by atoms with Crippen LogP contribution < -0.4 is 16.4 Å². The first-order chi connectivity index (χ1) is 8.85. The number of piperidine rings is 1. The van der Waals surface area contributed by atoms with Crippen molar-refractivity contribution < 1.29 is 4.79 Å². The lowest BCUT2D eigenvalue weighted by Gasteiger charge is -2.39. The Labute approximate surface area is 122 Å². The Hall–Kier alpha value is -0.880. The highest BCUT2D eigenvalue weighted by Gasteiger charge is 2.30. The van der Waals surface area contributed by atoms with E-state index in [4.69, 9.17) is 11.5 Å². The highest BCUT2D eigenvalue weighted by Crippen LogP contribution is 2.45. The molecule has 4 nitrogen and oxygen atoms in total. The van der Waals surface area contributed by atoms with E-state index in [1.165, 1.54) is 24.2 Å². The van der Waals surface area contributed by atoms with Gasteiger partial charge in [0.05, 0.1) is 10.6 Å². The van der Waals surface area contributed by atoms with Gasteiger partial charge >= 0.3 is 0 Å². The third-order valence-corrected chi connectivity index (χ3v) is 5.73. The van der Waals surface area contributed by atoms with Crippen LogP contribution in [0, 0.1) is 5.41 Å². The Kier molecular flexibility index (Phi) is 4.01. The molecule has 0 radical (unpaired) electrons. The van der Waals surface area contributed by atoms with Crippen LogP contribution in [-0.2, 0) is 0 Å². The van der Waals surface area contributed by atoms with Gasteiger partial charge in [0, 0.05) is 13.1 Å². The number of nitrogens with zero attached hydrogens (tertiary/aromatic N) is 1. The normalized spacial score (nSPS) is 18.6. The number of rotatable bonds is 3. The lowest BCUT2D eigenvalue weighted by atomic mass is 9.84. The topological polar surface area (TPSA) is 72.3 Å². The summed E-state index contributed by atoms with van der Waals surface area (Å²) in [6.45, 7) is 6.58. The molecule has 0 aromatic carbocycles. The first-order valence-electron chi connectivity index (χ1n) is 6.37. The SMILES string of the molecule is CSc1c(N2CCCC(C)(C)C2)sc(C(N)=O)c1N. The second-order valence-electron chi connectivity index (χ2n) is 5.74. The maximum absolute atomic E-state index is 11.4. The summed E-state index contributed by atoms with van der Waals surface area (Å²) in [7, 11) is 0. The summed E-state index contributed by atoms with van der Waals surface area (Å²) in [5.74, 6) is -0.430. The Morgan fingerprint density at radius 2 is 2.16 bits per heavy atom. The number of carbonyl (C=O) groups excluding carboxylic acids is 1. The van der Waals surface area contributed by atoms with Gasteiger partial charge in [-0.15, -0.1) is 23.1 Å². The molecule has 19 heavy (non-hydrogen) atoms. The Balaban J connectivity index is 2.39. The third-order valence-electron chi connectivity index (χ3n) is 3.50. The van der Waals surface area contributed by atoms with E-state index < -0.39 is 5.91 Å². The molecule has 0 saturated carbocycles. The van der Waals surface area contributed by atoms with Crippen LogP contribution in [0.25, 0.3) is 0 Å². The fourth-order valence-electron chi connectivity index (χ4n) is 2.60. The molecule has 2 heterocycles. The smallest absolute Gasteiger partial charge is 0.261 e. The van der Waals surface area contributed by atoms with E-state index in [9.17, 15) is 4.79 Å². The van der Waals surface area contributed by atoms with Gasteiger partial charge in [0.2, 0.25) is 0 Å². The molecule has 1 aromatic rings. The number of primary amides is 1. The molecular formula is C13H21N3OS2. The third kappa shape index (κ3) is 2.84. The van der Waals surface area contributed by atoms with E-state index >= 15 is 0 Å². The quantitative estimate of drug-likeness (QED) is 0.842. The van der Waals surface area contributed by atoms with Crippen LogP contribution in [0.2, 0.25) is 0 Å². The summed E-state index contributed by atoms with van der Waals surface area (Å²) in [5, 5.41) is 1.10. The Morgan fingerprint density at radius 3 is 2.68 bits per heavy atom. The van der Waals surface area contributed by atoms with E-state index in [0.29, 0.717) is 16.0 Å². The lowest BCUT2D eigenvalue weighted by molar-refractivity contribution is 0.100. The molecule has 0 unspecified atom stereocenters. The van der Waals surface area contributed by atoms with Gasteiger partial charge in [-0.2, -0.15) is 0 Å². The average Bonchev–Trinajstić information content (AvgIpc) is 2.65.